The molecule has 0 radical (unpaired) electrons. The van der Waals surface area contributed by atoms with E-state index in [1.807, 2.05) is 19.2 Å². The van der Waals surface area contributed by atoms with E-state index in [0.29, 0.717) is 22.3 Å². The zero-order valence-corrected chi connectivity index (χ0v) is 16.2. The Morgan fingerprint density at radius 1 is 1.14 bits per heavy atom. The Morgan fingerprint density at radius 3 is 2.71 bits per heavy atom. The van der Waals surface area contributed by atoms with Crippen molar-refractivity contribution < 1.29 is 14.3 Å². The monoisotopic (exact) mass is 374 g/mol. The third-order valence-electron chi connectivity index (χ3n) is 5.74. The molecule has 1 aromatic heterocycles. The first kappa shape index (κ1) is 16.8. The fourth-order valence-electron chi connectivity index (χ4n) is 4.06. The van der Waals surface area contributed by atoms with Gasteiger partial charge in [0, 0.05) is 31.0 Å². The molecule has 1 N–H and O–H groups in total. The molecule has 3 heterocycles. The lowest BCUT2D eigenvalue weighted by Crippen LogP contribution is -2.46. The zero-order chi connectivity index (χ0) is 19.8. The van der Waals surface area contributed by atoms with Crippen LogP contribution < -0.4 is 25.5 Å². The van der Waals surface area contributed by atoms with Crippen molar-refractivity contribution in [3.8, 4) is 17.2 Å². The quantitative estimate of drug-likeness (QED) is 0.380. The van der Waals surface area contributed by atoms with Crippen molar-refractivity contribution in [2.45, 2.75) is 26.3 Å². The second-order valence-electron chi connectivity index (χ2n) is 8.01. The molecule has 140 valence electrons. The molecular formula is C23H20NO4+. The Kier molecular flexibility index (Phi) is 3.21. The summed E-state index contributed by atoms with van der Waals surface area (Å²) in [7, 11) is 2.04. The predicted octanol–water partition coefficient (Wildman–Crippen LogP) is 2.75. The smallest absolute Gasteiger partial charge is 0.347 e. The maximum atomic E-state index is 12.6. The van der Waals surface area contributed by atoms with E-state index in [4.69, 9.17) is 9.15 Å². The second-order valence-corrected chi connectivity index (χ2v) is 8.01. The van der Waals surface area contributed by atoms with Gasteiger partial charge in [-0.05, 0) is 42.8 Å². The Hall–Kier alpha value is -3.34. The summed E-state index contributed by atoms with van der Waals surface area (Å²) in [5.74, 6) is 1.10. The van der Waals surface area contributed by atoms with Crippen LogP contribution in [0.15, 0.2) is 45.6 Å². The molecule has 0 spiro atoms. The molecule has 2 aromatic carbocycles. The van der Waals surface area contributed by atoms with Gasteiger partial charge in [-0.15, -0.1) is 0 Å². The van der Waals surface area contributed by atoms with Gasteiger partial charge < -0.3 is 14.3 Å². The predicted molar refractivity (Wildman–Crippen MR) is 108 cm³/mol. The van der Waals surface area contributed by atoms with Crippen molar-refractivity contribution in [3.05, 3.63) is 68.5 Å². The SMILES string of the molecule is CC1=CC(C)(C)[N+](C)=c2cc3oc(=O)c4c(c3cc21)Oc1cc(O)ccc1C=4. The molecule has 0 aliphatic carbocycles. The molecule has 0 saturated carbocycles. The number of benzene rings is 2. The summed E-state index contributed by atoms with van der Waals surface area (Å²) < 4.78 is 13.9. The number of likely N-dealkylation sites (N-methyl/N-ethyl adjacent to an activating group) is 1. The van der Waals surface area contributed by atoms with Crippen LogP contribution in [-0.4, -0.2) is 17.7 Å². The Bertz CT molecular complexity index is 1410. The second kappa shape index (κ2) is 5.35. The van der Waals surface area contributed by atoms with Crippen molar-refractivity contribution in [2.75, 3.05) is 7.05 Å². The highest BCUT2D eigenvalue weighted by Crippen LogP contribution is 2.35. The van der Waals surface area contributed by atoms with E-state index in [0.717, 1.165) is 27.4 Å². The van der Waals surface area contributed by atoms with Crippen molar-refractivity contribution in [2.24, 2.45) is 0 Å². The number of phenols is 1. The number of hydrogen-bond acceptors (Lipinski definition) is 4. The van der Waals surface area contributed by atoms with E-state index in [1.54, 1.807) is 24.3 Å². The molecule has 0 saturated heterocycles. The Balaban J connectivity index is 1.90. The van der Waals surface area contributed by atoms with Gasteiger partial charge in [-0.2, -0.15) is 0 Å². The van der Waals surface area contributed by atoms with Gasteiger partial charge in [0.25, 0.3) is 0 Å². The van der Waals surface area contributed by atoms with Crippen LogP contribution in [0.5, 0.6) is 17.2 Å². The molecule has 2 aliphatic rings. The lowest BCUT2D eigenvalue weighted by atomic mass is 9.92. The summed E-state index contributed by atoms with van der Waals surface area (Å²) in [6.45, 7) is 6.38. The van der Waals surface area contributed by atoms with Gasteiger partial charge in [0.1, 0.15) is 29.3 Å². The highest BCUT2D eigenvalue weighted by molar-refractivity contribution is 5.89. The molecule has 5 heteroatoms. The van der Waals surface area contributed by atoms with Crippen LogP contribution in [0.25, 0.3) is 22.6 Å². The molecule has 5 rings (SSSR count). The van der Waals surface area contributed by atoms with E-state index in [1.165, 1.54) is 0 Å². The van der Waals surface area contributed by atoms with Crippen molar-refractivity contribution in [1.29, 1.82) is 0 Å². The standard InChI is InChI=1S/C23H19NO4/c1-12-11-23(2,3)24(4)18-10-20-16(9-15(12)18)21-17(22(26)28-20)7-13-5-6-14(25)8-19(13)27-21/h5-11H,1-4H3/p+1. The van der Waals surface area contributed by atoms with Crippen LogP contribution in [0.3, 0.4) is 0 Å². The van der Waals surface area contributed by atoms with Gasteiger partial charge in [-0.25, -0.2) is 9.37 Å². The maximum absolute atomic E-state index is 12.6. The van der Waals surface area contributed by atoms with Gasteiger partial charge in [0.05, 0.1) is 11.5 Å². The normalized spacial score (nSPS) is 16.4. The van der Waals surface area contributed by atoms with Crippen LogP contribution >= 0.6 is 0 Å². The van der Waals surface area contributed by atoms with E-state index < -0.39 is 5.63 Å². The van der Waals surface area contributed by atoms with Crippen molar-refractivity contribution in [3.63, 3.8) is 0 Å². The molecular weight excluding hydrogens is 354 g/mol. The molecule has 0 atom stereocenters. The van der Waals surface area contributed by atoms with Crippen molar-refractivity contribution >= 4 is 22.6 Å². The molecule has 0 bridgehead atoms. The minimum absolute atomic E-state index is 0.114. The largest absolute Gasteiger partial charge is 0.508 e. The number of phenolic OH excluding ortho intramolecular Hbond substituents is 1. The molecule has 3 aromatic rings. The highest BCUT2D eigenvalue weighted by Gasteiger charge is 2.31. The number of allylic oxidation sites excluding steroid dienone is 1. The average molecular weight is 374 g/mol. The molecule has 28 heavy (non-hydrogen) atoms. The van der Waals surface area contributed by atoms with Crippen LogP contribution in [0.4, 0.5) is 0 Å². The van der Waals surface area contributed by atoms with E-state index in [-0.39, 0.29) is 11.3 Å². The topological polar surface area (TPSA) is 62.7 Å². The fourth-order valence-corrected chi connectivity index (χ4v) is 4.06. The van der Waals surface area contributed by atoms with Crippen molar-refractivity contribution in [1.82, 2.24) is 4.58 Å². The number of ether oxygens (including phenoxy) is 1. The average Bonchev–Trinajstić information content (AvgIpc) is 2.64. The molecule has 2 aliphatic heterocycles. The third-order valence-corrected chi connectivity index (χ3v) is 5.74. The number of nitrogens with zero attached hydrogens (tertiary/aromatic N) is 1. The minimum Gasteiger partial charge on any atom is -0.508 e. The van der Waals surface area contributed by atoms with Gasteiger partial charge in [0.2, 0.25) is 5.36 Å². The van der Waals surface area contributed by atoms with Gasteiger partial charge in [0.15, 0.2) is 11.3 Å². The summed E-state index contributed by atoms with van der Waals surface area (Å²) in [6.07, 6.45) is 3.98. The van der Waals surface area contributed by atoms with E-state index in [9.17, 15) is 9.90 Å². The number of aromatic hydroxyl groups is 1. The van der Waals surface area contributed by atoms with Crippen LogP contribution in [0, 0.1) is 0 Å². The molecule has 0 fully saturated rings. The lowest BCUT2D eigenvalue weighted by molar-refractivity contribution is 0.437. The third kappa shape index (κ3) is 2.26. The fraction of sp³-hybridized carbons (Fsp3) is 0.217. The Labute approximate surface area is 161 Å². The summed E-state index contributed by atoms with van der Waals surface area (Å²) >= 11 is 0. The molecule has 5 nitrogen and oxygen atoms in total. The summed E-state index contributed by atoms with van der Waals surface area (Å²) in [6, 6.07) is 8.76. The van der Waals surface area contributed by atoms with E-state index in [2.05, 4.69) is 31.4 Å². The summed E-state index contributed by atoms with van der Waals surface area (Å²) in [4.78, 5) is 12.6. The lowest BCUT2D eigenvalue weighted by Gasteiger charge is -2.23. The highest BCUT2D eigenvalue weighted by atomic mass is 16.5. The number of fused-ring (bicyclic) bond motifs is 5. The number of hydrogen-bond donors (Lipinski definition) is 1. The number of rotatable bonds is 0. The van der Waals surface area contributed by atoms with Gasteiger partial charge >= 0.3 is 5.63 Å². The van der Waals surface area contributed by atoms with Crippen LogP contribution in [0.2, 0.25) is 0 Å². The maximum Gasteiger partial charge on any atom is 0.347 e. The van der Waals surface area contributed by atoms with E-state index >= 15 is 0 Å². The first-order chi connectivity index (χ1) is 13.2. The minimum atomic E-state index is -0.439. The first-order valence-electron chi connectivity index (χ1n) is 9.19. The summed E-state index contributed by atoms with van der Waals surface area (Å²) in [5.41, 5.74) is 2.88. The first-order valence-corrected chi connectivity index (χ1v) is 9.19. The zero-order valence-electron chi connectivity index (χ0n) is 16.2. The summed E-state index contributed by atoms with van der Waals surface area (Å²) in [5, 5.41) is 11.9. The van der Waals surface area contributed by atoms with Crippen LogP contribution in [0.1, 0.15) is 31.9 Å². The molecule has 0 unspecified atom stereocenters. The Morgan fingerprint density at radius 2 is 1.93 bits per heavy atom. The van der Waals surface area contributed by atoms with Gasteiger partial charge in [-0.3, -0.25) is 0 Å². The van der Waals surface area contributed by atoms with Crippen LogP contribution in [-0.2, 0) is 0 Å². The van der Waals surface area contributed by atoms with Gasteiger partial charge in [-0.1, -0.05) is 0 Å². The molecule has 0 amide bonds.